The number of pyridine rings is 2. The molecule has 0 N–H and O–H groups in total. The summed E-state index contributed by atoms with van der Waals surface area (Å²) in [6, 6.07) is 14.6. The van der Waals surface area contributed by atoms with Gasteiger partial charge in [0, 0.05) is 60.9 Å². The summed E-state index contributed by atoms with van der Waals surface area (Å²) in [7, 11) is 0. The van der Waals surface area contributed by atoms with Crippen molar-refractivity contribution in [2.75, 3.05) is 19.7 Å². The first-order valence-electron chi connectivity index (χ1n) is 9.75. The van der Waals surface area contributed by atoms with E-state index in [-0.39, 0.29) is 6.10 Å². The molecule has 4 aromatic rings. The fraction of sp³-hybridized carbons (Fsp3) is 0.217. The van der Waals surface area contributed by atoms with Gasteiger partial charge in [-0.3, -0.25) is 14.9 Å². The number of fused-ring (bicyclic) bond motifs is 1. The van der Waals surface area contributed by atoms with Gasteiger partial charge in [0.05, 0.1) is 17.8 Å². The van der Waals surface area contributed by atoms with Gasteiger partial charge in [0.25, 0.3) is 0 Å². The zero-order chi connectivity index (χ0) is 19.5. The molecule has 0 saturated carbocycles. The van der Waals surface area contributed by atoms with E-state index in [1.807, 2.05) is 24.5 Å². The first-order valence-corrected chi connectivity index (χ1v) is 9.75. The fourth-order valence-electron chi connectivity index (χ4n) is 3.79. The zero-order valence-electron chi connectivity index (χ0n) is 16.0. The van der Waals surface area contributed by atoms with Gasteiger partial charge in [-0.1, -0.05) is 24.3 Å². The van der Waals surface area contributed by atoms with Crippen molar-refractivity contribution in [2.24, 2.45) is 0 Å². The molecule has 1 aliphatic rings. The average molecular weight is 383 g/mol. The Morgan fingerprint density at radius 3 is 2.72 bits per heavy atom. The van der Waals surface area contributed by atoms with E-state index in [4.69, 9.17) is 4.74 Å². The first kappa shape index (κ1) is 17.8. The van der Waals surface area contributed by atoms with E-state index < -0.39 is 0 Å². The molecule has 29 heavy (non-hydrogen) atoms. The highest BCUT2D eigenvalue weighted by atomic mass is 16.5. The molecule has 6 nitrogen and oxygen atoms in total. The fourth-order valence-corrected chi connectivity index (χ4v) is 3.79. The van der Waals surface area contributed by atoms with Gasteiger partial charge in [-0.2, -0.15) is 0 Å². The lowest BCUT2D eigenvalue weighted by Crippen LogP contribution is -2.38. The van der Waals surface area contributed by atoms with E-state index in [1.165, 1.54) is 17.3 Å². The quantitative estimate of drug-likeness (QED) is 0.536. The van der Waals surface area contributed by atoms with Gasteiger partial charge in [-0.05, 0) is 23.8 Å². The van der Waals surface area contributed by atoms with Crippen molar-refractivity contribution in [3.8, 4) is 11.1 Å². The zero-order valence-corrected chi connectivity index (χ0v) is 16.0. The Hall–Kier alpha value is -3.22. The first-order chi connectivity index (χ1) is 14.4. The monoisotopic (exact) mass is 383 g/mol. The van der Waals surface area contributed by atoms with Crippen molar-refractivity contribution in [3.05, 3.63) is 84.8 Å². The summed E-state index contributed by atoms with van der Waals surface area (Å²) in [6.45, 7) is 3.30. The maximum atomic E-state index is 6.02. The second kappa shape index (κ2) is 8.03. The van der Waals surface area contributed by atoms with E-state index in [1.54, 1.807) is 12.4 Å². The minimum absolute atomic E-state index is 0.0297. The van der Waals surface area contributed by atoms with Crippen LogP contribution in [-0.2, 0) is 11.3 Å². The maximum Gasteiger partial charge on any atom is 0.115 e. The van der Waals surface area contributed by atoms with Gasteiger partial charge < -0.3 is 4.74 Å². The van der Waals surface area contributed by atoms with Crippen LogP contribution in [0.25, 0.3) is 22.0 Å². The molecule has 144 valence electrons. The standard InChI is InChI=1S/C23H21N5O/c1-3-18(20-4-2-8-26-21(20)5-1)14-28-9-10-29-23(15-28)22-7-6-17(13-27-22)19-11-24-16-25-12-19/h1-8,11-13,16,23H,9-10,14-15H2/t23-/m0/s1. The highest BCUT2D eigenvalue weighted by molar-refractivity contribution is 5.81. The van der Waals surface area contributed by atoms with Crippen molar-refractivity contribution in [1.29, 1.82) is 0 Å². The number of benzene rings is 1. The van der Waals surface area contributed by atoms with Crippen LogP contribution in [-0.4, -0.2) is 44.5 Å². The molecule has 6 heteroatoms. The normalized spacial score (nSPS) is 17.4. The van der Waals surface area contributed by atoms with Crippen LogP contribution in [0.4, 0.5) is 0 Å². The van der Waals surface area contributed by atoms with Crippen LogP contribution in [0.5, 0.6) is 0 Å². The number of hydrogen-bond donors (Lipinski definition) is 0. The SMILES string of the molecule is c1cc(CN2CCO[C@H](c3ccc(-c4cncnc4)cn3)C2)c2cccnc2c1. The van der Waals surface area contributed by atoms with Crippen molar-refractivity contribution in [3.63, 3.8) is 0 Å². The molecule has 0 spiro atoms. The van der Waals surface area contributed by atoms with Crippen LogP contribution in [0, 0.1) is 0 Å². The third-order valence-electron chi connectivity index (χ3n) is 5.29. The summed E-state index contributed by atoms with van der Waals surface area (Å²) in [5.74, 6) is 0. The molecule has 0 bridgehead atoms. The number of rotatable bonds is 4. The summed E-state index contributed by atoms with van der Waals surface area (Å²) in [6.07, 6.45) is 8.80. The van der Waals surface area contributed by atoms with Crippen molar-refractivity contribution >= 4 is 10.9 Å². The van der Waals surface area contributed by atoms with Gasteiger partial charge >= 0.3 is 0 Å². The van der Waals surface area contributed by atoms with E-state index in [0.717, 1.165) is 42.0 Å². The van der Waals surface area contributed by atoms with Crippen molar-refractivity contribution in [2.45, 2.75) is 12.6 Å². The maximum absolute atomic E-state index is 6.02. The highest BCUT2D eigenvalue weighted by Crippen LogP contribution is 2.25. The molecule has 5 rings (SSSR count). The smallest absolute Gasteiger partial charge is 0.115 e. The molecule has 0 radical (unpaired) electrons. The number of ether oxygens (including phenoxy) is 1. The van der Waals surface area contributed by atoms with Crippen molar-refractivity contribution < 1.29 is 4.74 Å². The van der Waals surface area contributed by atoms with Crippen molar-refractivity contribution in [1.82, 2.24) is 24.8 Å². The number of hydrogen-bond acceptors (Lipinski definition) is 6. The molecule has 0 unspecified atom stereocenters. The Labute approximate surface area is 169 Å². The summed E-state index contributed by atoms with van der Waals surface area (Å²) < 4.78 is 6.02. The summed E-state index contributed by atoms with van der Waals surface area (Å²) >= 11 is 0. The van der Waals surface area contributed by atoms with Crippen LogP contribution in [0.3, 0.4) is 0 Å². The van der Waals surface area contributed by atoms with Gasteiger partial charge in [0.2, 0.25) is 0 Å². The molecule has 0 aliphatic carbocycles. The number of aromatic nitrogens is 4. The lowest BCUT2D eigenvalue weighted by Gasteiger charge is -2.33. The Bertz CT molecular complexity index is 1100. The van der Waals surface area contributed by atoms with Crippen LogP contribution in [0.2, 0.25) is 0 Å². The molecule has 1 fully saturated rings. The predicted octanol–water partition coefficient (Wildman–Crippen LogP) is 3.66. The Balaban J connectivity index is 1.32. The molecular weight excluding hydrogens is 362 g/mol. The van der Waals surface area contributed by atoms with Gasteiger partial charge in [0.15, 0.2) is 0 Å². The third-order valence-corrected chi connectivity index (χ3v) is 5.29. The molecule has 3 aromatic heterocycles. The minimum atomic E-state index is -0.0297. The largest absolute Gasteiger partial charge is 0.369 e. The summed E-state index contributed by atoms with van der Waals surface area (Å²) in [4.78, 5) is 19.7. The van der Waals surface area contributed by atoms with Crippen LogP contribution in [0.1, 0.15) is 17.4 Å². The Morgan fingerprint density at radius 2 is 1.86 bits per heavy atom. The lowest BCUT2D eigenvalue weighted by molar-refractivity contribution is -0.0348. The number of nitrogens with zero attached hydrogens (tertiary/aromatic N) is 5. The minimum Gasteiger partial charge on any atom is -0.369 e. The van der Waals surface area contributed by atoms with Gasteiger partial charge in [-0.15, -0.1) is 0 Å². The molecule has 1 saturated heterocycles. The highest BCUT2D eigenvalue weighted by Gasteiger charge is 2.23. The molecular formula is C23H21N5O. The molecule has 1 atom stereocenters. The van der Waals surface area contributed by atoms with Crippen LogP contribution >= 0.6 is 0 Å². The van der Waals surface area contributed by atoms with Crippen LogP contribution < -0.4 is 0 Å². The number of morpholine rings is 1. The average Bonchev–Trinajstić information content (AvgIpc) is 2.80. The summed E-state index contributed by atoms with van der Waals surface area (Å²) in [5, 5.41) is 1.21. The van der Waals surface area contributed by atoms with E-state index >= 15 is 0 Å². The molecule has 1 aliphatic heterocycles. The third kappa shape index (κ3) is 3.85. The van der Waals surface area contributed by atoms with Gasteiger partial charge in [0.1, 0.15) is 12.4 Å². The van der Waals surface area contributed by atoms with Gasteiger partial charge in [-0.25, -0.2) is 9.97 Å². The predicted molar refractivity (Wildman–Crippen MR) is 111 cm³/mol. The second-order valence-electron chi connectivity index (χ2n) is 7.18. The Kier molecular flexibility index (Phi) is 4.94. The van der Waals surface area contributed by atoms with E-state index in [0.29, 0.717) is 6.61 Å². The topological polar surface area (TPSA) is 64.0 Å². The van der Waals surface area contributed by atoms with E-state index in [2.05, 4.69) is 55.2 Å². The van der Waals surface area contributed by atoms with Crippen LogP contribution in [0.15, 0.2) is 73.6 Å². The Morgan fingerprint density at radius 1 is 0.931 bits per heavy atom. The molecule has 4 heterocycles. The molecule has 1 aromatic carbocycles. The van der Waals surface area contributed by atoms with E-state index in [9.17, 15) is 0 Å². The summed E-state index contributed by atoms with van der Waals surface area (Å²) in [5.41, 5.74) is 5.25. The lowest BCUT2D eigenvalue weighted by atomic mass is 10.1. The second-order valence-corrected chi connectivity index (χ2v) is 7.18. The molecule has 0 amide bonds.